The van der Waals surface area contributed by atoms with E-state index in [9.17, 15) is 13.2 Å². The average Bonchev–Trinajstić information content (AvgIpc) is 2.94. The summed E-state index contributed by atoms with van der Waals surface area (Å²) in [5.41, 5.74) is 1.82. The zero-order chi connectivity index (χ0) is 16.7. The van der Waals surface area contributed by atoms with Crippen LogP contribution in [-0.4, -0.2) is 14.3 Å². The summed E-state index contributed by atoms with van der Waals surface area (Å²) >= 11 is 0. The molecule has 0 fully saturated rings. The van der Waals surface area contributed by atoms with Gasteiger partial charge in [0.25, 0.3) is 15.9 Å². The minimum absolute atomic E-state index is 0.131. The molecule has 1 aliphatic rings. The van der Waals surface area contributed by atoms with Gasteiger partial charge in [-0.1, -0.05) is 36.4 Å². The van der Waals surface area contributed by atoms with Gasteiger partial charge in [0.1, 0.15) is 0 Å². The van der Waals surface area contributed by atoms with Crippen LogP contribution in [0.15, 0.2) is 65.6 Å². The van der Waals surface area contributed by atoms with Gasteiger partial charge in [-0.3, -0.25) is 9.52 Å². The molecular weight excluding hydrogens is 324 g/mol. The molecule has 120 valence electrons. The molecule has 0 atom stereocenters. The Balaban J connectivity index is 1.75. The highest BCUT2D eigenvalue weighted by Crippen LogP contribution is 2.26. The molecule has 0 aliphatic carbocycles. The Morgan fingerprint density at radius 3 is 2.62 bits per heavy atom. The molecule has 1 aliphatic heterocycles. The van der Waals surface area contributed by atoms with Gasteiger partial charge in [-0.25, -0.2) is 8.42 Å². The van der Waals surface area contributed by atoms with Crippen molar-refractivity contribution < 1.29 is 13.2 Å². The van der Waals surface area contributed by atoms with Gasteiger partial charge in [-0.15, -0.1) is 0 Å². The van der Waals surface area contributed by atoms with Crippen molar-refractivity contribution in [3.63, 3.8) is 0 Å². The molecule has 1 amide bonds. The van der Waals surface area contributed by atoms with Crippen LogP contribution in [-0.2, 0) is 16.6 Å². The van der Waals surface area contributed by atoms with Crippen molar-refractivity contribution >= 4 is 32.4 Å². The molecule has 24 heavy (non-hydrogen) atoms. The van der Waals surface area contributed by atoms with Crippen LogP contribution >= 0.6 is 0 Å². The summed E-state index contributed by atoms with van der Waals surface area (Å²) in [5.74, 6) is -0.131. The number of rotatable bonds is 3. The predicted molar refractivity (Wildman–Crippen MR) is 92.4 cm³/mol. The fourth-order valence-corrected chi connectivity index (χ4v) is 4.22. The standard InChI is InChI=1S/C18H14N2O3S/c21-18-16-9-8-14(10-13(16)11-19-18)20-24(22,23)17-7-3-5-12-4-1-2-6-15(12)17/h1-10,20H,11H2,(H,19,21). The third-order valence-corrected chi connectivity index (χ3v) is 5.52. The Labute approximate surface area is 139 Å². The van der Waals surface area contributed by atoms with Crippen molar-refractivity contribution in [2.24, 2.45) is 0 Å². The first kappa shape index (κ1) is 14.7. The van der Waals surface area contributed by atoms with Crippen LogP contribution in [0, 0.1) is 0 Å². The van der Waals surface area contributed by atoms with Crippen LogP contribution < -0.4 is 10.0 Å². The lowest BCUT2D eigenvalue weighted by molar-refractivity contribution is 0.0966. The molecule has 0 saturated carbocycles. The molecular formula is C18H14N2O3S. The number of amides is 1. The van der Waals surface area contributed by atoms with Gasteiger partial charge >= 0.3 is 0 Å². The first-order valence-corrected chi connectivity index (χ1v) is 8.95. The van der Waals surface area contributed by atoms with Gasteiger partial charge in [0.05, 0.1) is 4.90 Å². The largest absolute Gasteiger partial charge is 0.348 e. The average molecular weight is 338 g/mol. The third kappa shape index (κ3) is 2.41. The van der Waals surface area contributed by atoms with Crippen molar-refractivity contribution in [3.8, 4) is 0 Å². The van der Waals surface area contributed by atoms with Gasteiger partial charge in [0.2, 0.25) is 0 Å². The van der Waals surface area contributed by atoms with Gasteiger partial charge in [-0.05, 0) is 35.2 Å². The Hall–Kier alpha value is -2.86. The number of nitrogens with one attached hydrogen (secondary N) is 2. The second-order valence-corrected chi connectivity index (χ2v) is 7.29. The minimum atomic E-state index is -3.73. The first-order chi connectivity index (χ1) is 11.5. The lowest BCUT2D eigenvalue weighted by Crippen LogP contribution is -2.13. The van der Waals surface area contributed by atoms with Crippen LogP contribution in [0.25, 0.3) is 10.8 Å². The summed E-state index contributed by atoms with van der Waals surface area (Å²) in [6, 6.07) is 17.5. The molecule has 0 unspecified atom stereocenters. The number of hydrogen-bond donors (Lipinski definition) is 2. The summed E-state index contributed by atoms with van der Waals surface area (Å²) in [7, 11) is -3.73. The summed E-state index contributed by atoms with van der Waals surface area (Å²) < 4.78 is 28.2. The number of carbonyl (C=O) groups excluding carboxylic acids is 1. The minimum Gasteiger partial charge on any atom is -0.348 e. The summed E-state index contributed by atoms with van der Waals surface area (Å²) in [5, 5.41) is 4.25. The van der Waals surface area contributed by atoms with E-state index in [1.165, 1.54) is 0 Å². The molecule has 0 radical (unpaired) electrons. The number of hydrogen-bond acceptors (Lipinski definition) is 3. The van der Waals surface area contributed by atoms with E-state index in [-0.39, 0.29) is 10.8 Å². The highest BCUT2D eigenvalue weighted by Gasteiger charge is 2.21. The number of anilines is 1. The van der Waals surface area contributed by atoms with E-state index in [1.54, 1.807) is 36.4 Å². The van der Waals surface area contributed by atoms with Crippen LogP contribution in [0.1, 0.15) is 15.9 Å². The normalized spacial score (nSPS) is 13.6. The van der Waals surface area contributed by atoms with Crippen molar-refractivity contribution in [2.45, 2.75) is 11.4 Å². The fraction of sp³-hybridized carbons (Fsp3) is 0.0556. The van der Waals surface area contributed by atoms with E-state index in [2.05, 4.69) is 10.0 Å². The Kier molecular flexibility index (Phi) is 3.28. The van der Waals surface area contributed by atoms with Crippen molar-refractivity contribution in [1.29, 1.82) is 0 Å². The number of sulfonamides is 1. The van der Waals surface area contributed by atoms with E-state index in [0.717, 1.165) is 10.9 Å². The lowest BCUT2D eigenvalue weighted by atomic mass is 10.1. The molecule has 6 heteroatoms. The van der Waals surface area contributed by atoms with E-state index in [4.69, 9.17) is 0 Å². The van der Waals surface area contributed by atoms with E-state index < -0.39 is 10.0 Å². The predicted octanol–water partition coefficient (Wildman–Crippen LogP) is 2.88. The zero-order valence-electron chi connectivity index (χ0n) is 12.6. The van der Waals surface area contributed by atoms with Crippen LogP contribution in [0.3, 0.4) is 0 Å². The molecule has 5 nitrogen and oxygen atoms in total. The summed E-state index contributed by atoms with van der Waals surface area (Å²) in [6.07, 6.45) is 0. The van der Waals surface area contributed by atoms with Crippen LogP contribution in [0.4, 0.5) is 5.69 Å². The SMILES string of the molecule is O=C1NCc2cc(NS(=O)(=O)c3cccc4ccccc34)ccc21. The van der Waals surface area contributed by atoms with E-state index >= 15 is 0 Å². The van der Waals surface area contributed by atoms with E-state index in [0.29, 0.717) is 23.2 Å². The lowest BCUT2D eigenvalue weighted by Gasteiger charge is -2.11. The molecule has 3 aromatic carbocycles. The molecule has 0 saturated heterocycles. The number of carbonyl (C=O) groups is 1. The van der Waals surface area contributed by atoms with Gasteiger partial charge in [0.15, 0.2) is 0 Å². The highest BCUT2D eigenvalue weighted by atomic mass is 32.2. The maximum absolute atomic E-state index is 12.8. The maximum atomic E-state index is 12.8. The monoisotopic (exact) mass is 338 g/mol. The van der Waals surface area contributed by atoms with Crippen molar-refractivity contribution in [2.75, 3.05) is 4.72 Å². The topological polar surface area (TPSA) is 75.3 Å². The second-order valence-electron chi connectivity index (χ2n) is 5.64. The molecule has 0 spiro atoms. The molecule has 4 rings (SSSR count). The summed E-state index contributed by atoms with van der Waals surface area (Å²) in [4.78, 5) is 11.8. The molecule has 0 bridgehead atoms. The third-order valence-electron chi connectivity index (χ3n) is 4.08. The molecule has 1 heterocycles. The van der Waals surface area contributed by atoms with Gasteiger partial charge in [0, 0.05) is 23.2 Å². The number of benzene rings is 3. The van der Waals surface area contributed by atoms with Crippen molar-refractivity contribution in [3.05, 3.63) is 71.8 Å². The van der Waals surface area contributed by atoms with E-state index in [1.807, 2.05) is 24.3 Å². The Morgan fingerprint density at radius 1 is 0.958 bits per heavy atom. The van der Waals surface area contributed by atoms with Gasteiger partial charge in [-0.2, -0.15) is 0 Å². The molecule has 2 N–H and O–H groups in total. The Bertz CT molecular complexity index is 1070. The molecule has 0 aromatic heterocycles. The fourth-order valence-electron chi connectivity index (χ4n) is 2.94. The van der Waals surface area contributed by atoms with Gasteiger partial charge < -0.3 is 5.32 Å². The smallest absolute Gasteiger partial charge is 0.262 e. The summed E-state index contributed by atoms with van der Waals surface area (Å²) in [6.45, 7) is 0.415. The zero-order valence-corrected chi connectivity index (χ0v) is 13.4. The molecule has 3 aromatic rings. The van der Waals surface area contributed by atoms with Crippen molar-refractivity contribution in [1.82, 2.24) is 5.32 Å². The van der Waals surface area contributed by atoms with Crippen LogP contribution in [0.5, 0.6) is 0 Å². The second kappa shape index (κ2) is 5.35. The quantitative estimate of drug-likeness (QED) is 0.771. The maximum Gasteiger partial charge on any atom is 0.262 e. The first-order valence-electron chi connectivity index (χ1n) is 7.46. The number of fused-ring (bicyclic) bond motifs is 2. The highest BCUT2D eigenvalue weighted by molar-refractivity contribution is 7.93. The Morgan fingerprint density at radius 2 is 1.75 bits per heavy atom. The van der Waals surface area contributed by atoms with Crippen LogP contribution in [0.2, 0.25) is 0 Å².